The number of rotatable bonds is 6. The van der Waals surface area contributed by atoms with Crippen molar-refractivity contribution < 1.29 is 0 Å². The van der Waals surface area contributed by atoms with Crippen LogP contribution in [0.5, 0.6) is 0 Å². The number of hydrogen-bond acceptors (Lipinski definition) is 6. The molecular formula is C29H38N6O. The van der Waals surface area contributed by atoms with Gasteiger partial charge in [0.15, 0.2) is 0 Å². The van der Waals surface area contributed by atoms with Gasteiger partial charge in [-0.05, 0) is 75.1 Å². The summed E-state index contributed by atoms with van der Waals surface area (Å²) in [5.41, 5.74) is 2.99. The van der Waals surface area contributed by atoms with E-state index < -0.39 is 0 Å². The number of unbranched alkanes of at least 4 members (excludes halogenated alkanes) is 1. The smallest absolute Gasteiger partial charge is 0.275 e. The topological polar surface area (TPSA) is 80.3 Å². The maximum atomic E-state index is 13.0. The van der Waals surface area contributed by atoms with Gasteiger partial charge in [-0.3, -0.25) is 9.69 Å². The number of aryl methyl sites for hydroxylation is 1. The number of fused-ring (bicyclic) bond motifs is 3. The van der Waals surface area contributed by atoms with E-state index in [2.05, 4.69) is 40.1 Å². The van der Waals surface area contributed by atoms with E-state index in [9.17, 15) is 4.79 Å². The lowest BCUT2D eigenvalue weighted by Gasteiger charge is -2.36. The average molecular weight is 487 g/mol. The van der Waals surface area contributed by atoms with Crippen molar-refractivity contribution in [3.63, 3.8) is 0 Å². The lowest BCUT2D eigenvalue weighted by Crippen LogP contribution is -2.47. The summed E-state index contributed by atoms with van der Waals surface area (Å²) in [4.78, 5) is 27.7. The van der Waals surface area contributed by atoms with Crippen molar-refractivity contribution in [2.45, 2.75) is 57.8 Å². The molecule has 2 unspecified atom stereocenters. The molecule has 1 aromatic carbocycles. The molecule has 36 heavy (non-hydrogen) atoms. The Bertz CT molecular complexity index is 1280. The monoisotopic (exact) mass is 486 g/mol. The van der Waals surface area contributed by atoms with Gasteiger partial charge in [-0.15, -0.1) is 0 Å². The Labute approximate surface area is 213 Å². The molecule has 6 rings (SSSR count). The molecular weight excluding hydrogens is 448 g/mol. The molecule has 1 saturated carbocycles. The van der Waals surface area contributed by atoms with E-state index in [-0.39, 0.29) is 5.56 Å². The van der Waals surface area contributed by atoms with Crippen LogP contribution in [-0.4, -0.2) is 52.3 Å². The summed E-state index contributed by atoms with van der Waals surface area (Å²) in [5.74, 6) is 9.43. The minimum absolute atomic E-state index is 0.00237. The van der Waals surface area contributed by atoms with Crippen LogP contribution in [0.2, 0.25) is 0 Å². The summed E-state index contributed by atoms with van der Waals surface area (Å²) in [6, 6.07) is 12.6. The van der Waals surface area contributed by atoms with Gasteiger partial charge in [0, 0.05) is 43.5 Å². The number of nitrogens with two attached hydrogens (primary N) is 1. The number of nitrogen functional groups attached to an aromatic ring is 1. The van der Waals surface area contributed by atoms with Crippen LogP contribution < -0.4 is 16.3 Å². The second-order valence-corrected chi connectivity index (χ2v) is 11.0. The summed E-state index contributed by atoms with van der Waals surface area (Å²) in [5, 5.41) is 1.19. The zero-order valence-corrected chi connectivity index (χ0v) is 21.2. The molecule has 1 aliphatic heterocycles. The molecule has 2 aromatic heterocycles. The van der Waals surface area contributed by atoms with Gasteiger partial charge in [-0.25, -0.2) is 14.6 Å². The van der Waals surface area contributed by atoms with Gasteiger partial charge in [0.2, 0.25) is 0 Å². The van der Waals surface area contributed by atoms with Gasteiger partial charge in [-0.2, -0.15) is 0 Å². The fraction of sp³-hybridized carbons (Fsp3) is 0.552. The zero-order valence-electron chi connectivity index (χ0n) is 21.2. The number of aromatic nitrogens is 3. The van der Waals surface area contributed by atoms with Gasteiger partial charge >= 0.3 is 0 Å². The lowest BCUT2D eigenvalue weighted by atomic mass is 9.70. The second-order valence-electron chi connectivity index (χ2n) is 11.0. The Morgan fingerprint density at radius 1 is 0.889 bits per heavy atom. The first-order valence-electron chi connectivity index (χ1n) is 13.9. The van der Waals surface area contributed by atoms with Gasteiger partial charge in [0.05, 0.1) is 11.2 Å². The summed E-state index contributed by atoms with van der Waals surface area (Å²) in [7, 11) is 0. The average Bonchev–Trinajstić information content (AvgIpc) is 2.93. The number of nitrogens with zero attached hydrogens (tertiary/aromatic N) is 5. The van der Waals surface area contributed by atoms with Crippen LogP contribution in [0.4, 0.5) is 5.82 Å². The van der Waals surface area contributed by atoms with Crippen molar-refractivity contribution in [2.75, 3.05) is 43.5 Å². The van der Waals surface area contributed by atoms with E-state index in [1.165, 1.54) is 35.7 Å². The van der Waals surface area contributed by atoms with E-state index in [0.29, 0.717) is 11.8 Å². The van der Waals surface area contributed by atoms with Gasteiger partial charge in [0.1, 0.15) is 11.6 Å². The molecule has 190 valence electrons. The van der Waals surface area contributed by atoms with Crippen LogP contribution in [0.3, 0.4) is 0 Å². The molecule has 1 saturated heterocycles. The van der Waals surface area contributed by atoms with Gasteiger partial charge < -0.3 is 10.7 Å². The Kier molecular flexibility index (Phi) is 6.65. The standard InChI is InChI=1S/C29H38N6O/c30-35-28(32-26-20-23-9-2-1-8-22(23)19-24(26)29(35)36)11-5-6-14-33-15-17-34(18-16-33)27-13-12-21-7-3-4-10-25(21)31-27/h3-4,7,10,12-13,22-23H,1-2,5-6,8-9,11,14-20,30H2. The molecule has 0 spiro atoms. The van der Waals surface area contributed by atoms with Crippen LogP contribution in [-0.2, 0) is 19.3 Å². The van der Waals surface area contributed by atoms with E-state index in [0.717, 1.165) is 93.2 Å². The van der Waals surface area contributed by atoms with Crippen LogP contribution >= 0.6 is 0 Å². The molecule has 2 atom stereocenters. The van der Waals surface area contributed by atoms with Crippen molar-refractivity contribution in [3.8, 4) is 0 Å². The van der Waals surface area contributed by atoms with Crippen molar-refractivity contribution in [3.05, 3.63) is 63.8 Å². The minimum atomic E-state index is -0.00237. The van der Waals surface area contributed by atoms with Crippen molar-refractivity contribution in [1.82, 2.24) is 19.5 Å². The van der Waals surface area contributed by atoms with Crippen molar-refractivity contribution in [1.29, 1.82) is 0 Å². The summed E-state index contributed by atoms with van der Waals surface area (Å²) >= 11 is 0. The zero-order chi connectivity index (χ0) is 24.5. The van der Waals surface area contributed by atoms with E-state index >= 15 is 0 Å². The summed E-state index contributed by atoms with van der Waals surface area (Å²) in [6.07, 6.45) is 9.88. The lowest BCUT2D eigenvalue weighted by molar-refractivity contribution is 0.216. The van der Waals surface area contributed by atoms with Crippen LogP contribution in [0.25, 0.3) is 10.9 Å². The Morgan fingerprint density at radius 3 is 2.50 bits per heavy atom. The normalized spacial score (nSPS) is 22.4. The number of pyridine rings is 1. The third-order valence-corrected chi connectivity index (χ3v) is 8.76. The highest BCUT2D eigenvalue weighted by Crippen LogP contribution is 2.38. The maximum Gasteiger partial charge on any atom is 0.275 e. The van der Waals surface area contributed by atoms with E-state index in [1.807, 2.05) is 6.07 Å². The highest BCUT2D eigenvalue weighted by atomic mass is 16.1. The quantitative estimate of drug-likeness (QED) is 0.424. The predicted octanol–water partition coefficient (Wildman–Crippen LogP) is 3.56. The van der Waals surface area contributed by atoms with Crippen LogP contribution in [0.1, 0.15) is 55.6 Å². The first-order chi connectivity index (χ1) is 17.7. The molecule has 0 amide bonds. The fourth-order valence-corrected chi connectivity index (χ4v) is 6.60. The molecule has 0 radical (unpaired) electrons. The second kappa shape index (κ2) is 10.2. The molecule has 7 heteroatoms. The Morgan fingerprint density at radius 2 is 1.67 bits per heavy atom. The molecule has 7 nitrogen and oxygen atoms in total. The number of benzene rings is 1. The van der Waals surface area contributed by atoms with Crippen LogP contribution in [0.15, 0.2) is 41.2 Å². The molecule has 0 bridgehead atoms. The first-order valence-corrected chi connectivity index (χ1v) is 13.9. The van der Waals surface area contributed by atoms with Gasteiger partial charge in [-0.1, -0.05) is 31.0 Å². The van der Waals surface area contributed by atoms with Crippen molar-refractivity contribution in [2.24, 2.45) is 11.8 Å². The fourth-order valence-electron chi connectivity index (χ4n) is 6.60. The third kappa shape index (κ3) is 4.73. The predicted molar refractivity (Wildman–Crippen MR) is 145 cm³/mol. The molecule has 3 aliphatic rings. The first kappa shape index (κ1) is 23.5. The number of anilines is 1. The highest BCUT2D eigenvalue weighted by Gasteiger charge is 2.33. The van der Waals surface area contributed by atoms with Crippen molar-refractivity contribution >= 4 is 16.7 Å². The maximum absolute atomic E-state index is 13.0. The largest absolute Gasteiger partial charge is 0.354 e. The molecule has 2 aliphatic carbocycles. The number of piperazine rings is 1. The molecule has 2 fully saturated rings. The molecule has 2 N–H and O–H groups in total. The SMILES string of the molecule is Nn1c(CCCCN2CCN(c3ccc4ccccc4n3)CC2)nc2c(c1=O)CC1CCCCC1C2. The van der Waals surface area contributed by atoms with E-state index in [1.54, 1.807) is 0 Å². The summed E-state index contributed by atoms with van der Waals surface area (Å²) < 4.78 is 1.34. The van der Waals surface area contributed by atoms with E-state index in [4.69, 9.17) is 15.8 Å². The minimum Gasteiger partial charge on any atom is -0.354 e. The Balaban J connectivity index is 1.000. The summed E-state index contributed by atoms with van der Waals surface area (Å²) in [6.45, 7) is 5.18. The molecule has 3 aromatic rings. The highest BCUT2D eigenvalue weighted by molar-refractivity contribution is 5.80. The number of hydrogen-bond donors (Lipinski definition) is 1. The third-order valence-electron chi connectivity index (χ3n) is 8.76. The van der Waals surface area contributed by atoms with Crippen LogP contribution in [0, 0.1) is 11.8 Å². The van der Waals surface area contributed by atoms with Gasteiger partial charge in [0.25, 0.3) is 5.56 Å². The number of para-hydroxylation sites is 1. The Hall–Kier alpha value is -2.93. The molecule has 3 heterocycles.